The van der Waals surface area contributed by atoms with Crippen LogP contribution in [0, 0.1) is 5.41 Å². The second-order valence-corrected chi connectivity index (χ2v) is 5.53. The SMILES string of the molecule is CCC(CC)(CC(=O)NCCN(C)C1CC1)C(=O)O. The third-order valence-corrected chi connectivity index (χ3v) is 4.26. The lowest BCUT2D eigenvalue weighted by molar-refractivity contribution is -0.152. The van der Waals surface area contributed by atoms with Crippen molar-refractivity contribution in [1.82, 2.24) is 10.2 Å². The molecule has 0 aromatic rings. The van der Waals surface area contributed by atoms with E-state index < -0.39 is 11.4 Å². The Hall–Kier alpha value is -1.10. The van der Waals surface area contributed by atoms with Gasteiger partial charge in [-0.15, -0.1) is 0 Å². The smallest absolute Gasteiger partial charge is 0.310 e. The van der Waals surface area contributed by atoms with Gasteiger partial charge in [0, 0.05) is 25.6 Å². The van der Waals surface area contributed by atoms with Crippen LogP contribution in [0.2, 0.25) is 0 Å². The molecule has 0 heterocycles. The van der Waals surface area contributed by atoms with Gasteiger partial charge in [-0.1, -0.05) is 13.8 Å². The number of carbonyl (C=O) groups excluding carboxylic acids is 1. The molecule has 1 amide bonds. The molecule has 0 spiro atoms. The number of amides is 1. The standard InChI is InChI=1S/C14H26N2O3/c1-4-14(5-2,13(18)19)10-12(17)15-8-9-16(3)11-6-7-11/h11H,4-10H2,1-3H3,(H,15,17)(H,18,19). The molecule has 1 fully saturated rings. The minimum absolute atomic E-state index is 0.0719. The molecule has 0 bridgehead atoms. The number of rotatable bonds is 9. The minimum atomic E-state index is -0.910. The van der Waals surface area contributed by atoms with Gasteiger partial charge in [0.05, 0.1) is 5.41 Å². The molecule has 110 valence electrons. The maximum absolute atomic E-state index is 11.9. The van der Waals surface area contributed by atoms with Crippen LogP contribution >= 0.6 is 0 Å². The Labute approximate surface area is 115 Å². The lowest BCUT2D eigenvalue weighted by Gasteiger charge is -2.26. The van der Waals surface area contributed by atoms with Crippen molar-refractivity contribution in [3.63, 3.8) is 0 Å². The number of likely N-dealkylation sites (N-methyl/N-ethyl adjacent to an activating group) is 1. The van der Waals surface area contributed by atoms with Gasteiger partial charge >= 0.3 is 5.97 Å². The molecule has 0 aromatic carbocycles. The fraction of sp³-hybridized carbons (Fsp3) is 0.857. The Kier molecular flexibility index (Phi) is 5.79. The fourth-order valence-electron chi connectivity index (χ4n) is 2.32. The first-order valence-corrected chi connectivity index (χ1v) is 7.15. The van der Waals surface area contributed by atoms with E-state index in [2.05, 4.69) is 17.3 Å². The molecule has 0 aliphatic heterocycles. The summed E-state index contributed by atoms with van der Waals surface area (Å²) >= 11 is 0. The summed E-state index contributed by atoms with van der Waals surface area (Å²) in [5, 5.41) is 12.1. The van der Waals surface area contributed by atoms with Crippen molar-refractivity contribution >= 4 is 11.9 Å². The monoisotopic (exact) mass is 270 g/mol. The van der Waals surface area contributed by atoms with Crippen LogP contribution in [-0.2, 0) is 9.59 Å². The highest BCUT2D eigenvalue weighted by Gasteiger charge is 2.37. The van der Waals surface area contributed by atoms with E-state index in [1.54, 1.807) is 0 Å². The van der Waals surface area contributed by atoms with Gasteiger partial charge in [-0.2, -0.15) is 0 Å². The van der Waals surface area contributed by atoms with Gasteiger partial charge in [0.2, 0.25) is 5.91 Å². The van der Waals surface area contributed by atoms with Gasteiger partial charge in [0.15, 0.2) is 0 Å². The van der Waals surface area contributed by atoms with Gasteiger partial charge in [-0.05, 0) is 32.7 Å². The summed E-state index contributed by atoms with van der Waals surface area (Å²) in [5.41, 5.74) is -0.910. The van der Waals surface area contributed by atoms with E-state index in [9.17, 15) is 14.7 Å². The zero-order valence-electron chi connectivity index (χ0n) is 12.2. The Morgan fingerprint density at radius 2 is 1.89 bits per heavy atom. The minimum Gasteiger partial charge on any atom is -0.481 e. The number of hydrogen-bond acceptors (Lipinski definition) is 3. The zero-order valence-corrected chi connectivity index (χ0v) is 12.2. The van der Waals surface area contributed by atoms with Crippen molar-refractivity contribution in [2.24, 2.45) is 5.41 Å². The van der Waals surface area contributed by atoms with Crippen molar-refractivity contribution in [2.75, 3.05) is 20.1 Å². The van der Waals surface area contributed by atoms with Gasteiger partial charge < -0.3 is 15.3 Å². The maximum Gasteiger partial charge on any atom is 0.310 e. The lowest BCUT2D eigenvalue weighted by Crippen LogP contribution is -2.39. The number of carboxylic acids is 1. The maximum atomic E-state index is 11.9. The molecule has 0 aromatic heterocycles. The molecule has 5 heteroatoms. The lowest BCUT2D eigenvalue weighted by atomic mass is 9.79. The van der Waals surface area contributed by atoms with Gasteiger partial charge in [0.25, 0.3) is 0 Å². The molecule has 0 atom stereocenters. The summed E-state index contributed by atoms with van der Waals surface area (Å²) in [7, 11) is 2.06. The average molecular weight is 270 g/mol. The predicted molar refractivity (Wildman–Crippen MR) is 73.9 cm³/mol. The van der Waals surface area contributed by atoms with Crippen LogP contribution in [-0.4, -0.2) is 48.1 Å². The third kappa shape index (κ3) is 4.49. The van der Waals surface area contributed by atoms with Crippen molar-refractivity contribution in [3.8, 4) is 0 Å². The summed E-state index contributed by atoms with van der Waals surface area (Å²) < 4.78 is 0. The van der Waals surface area contributed by atoms with Crippen molar-refractivity contribution in [3.05, 3.63) is 0 Å². The highest BCUT2D eigenvalue weighted by Crippen LogP contribution is 2.30. The third-order valence-electron chi connectivity index (χ3n) is 4.26. The van der Waals surface area contributed by atoms with Gasteiger partial charge in [-0.25, -0.2) is 0 Å². The van der Waals surface area contributed by atoms with Crippen molar-refractivity contribution in [2.45, 2.75) is 52.0 Å². The Morgan fingerprint density at radius 3 is 2.32 bits per heavy atom. The first kappa shape index (κ1) is 16.0. The van der Waals surface area contributed by atoms with E-state index in [1.165, 1.54) is 12.8 Å². The molecular weight excluding hydrogens is 244 g/mol. The number of carbonyl (C=O) groups is 2. The molecule has 19 heavy (non-hydrogen) atoms. The van der Waals surface area contributed by atoms with Crippen LogP contribution in [0.1, 0.15) is 46.0 Å². The molecule has 1 aliphatic carbocycles. The van der Waals surface area contributed by atoms with Crippen molar-refractivity contribution in [1.29, 1.82) is 0 Å². The number of aliphatic carboxylic acids is 1. The Balaban J connectivity index is 2.33. The van der Waals surface area contributed by atoms with Crippen LogP contribution in [0.5, 0.6) is 0 Å². The van der Waals surface area contributed by atoms with Gasteiger partial charge in [-0.3, -0.25) is 9.59 Å². The molecule has 0 radical (unpaired) electrons. The van der Waals surface area contributed by atoms with E-state index >= 15 is 0 Å². The van der Waals surface area contributed by atoms with Crippen molar-refractivity contribution < 1.29 is 14.7 Å². The van der Waals surface area contributed by atoms with E-state index in [1.807, 2.05) is 13.8 Å². The van der Waals surface area contributed by atoms with E-state index in [0.29, 0.717) is 25.4 Å². The summed E-state index contributed by atoms with van der Waals surface area (Å²) in [6.07, 6.45) is 3.53. The molecule has 5 nitrogen and oxygen atoms in total. The van der Waals surface area contributed by atoms with E-state index in [-0.39, 0.29) is 12.3 Å². The molecule has 0 saturated heterocycles. The second-order valence-electron chi connectivity index (χ2n) is 5.53. The fourth-order valence-corrected chi connectivity index (χ4v) is 2.32. The Morgan fingerprint density at radius 1 is 1.32 bits per heavy atom. The first-order chi connectivity index (χ1) is 8.95. The number of nitrogens with zero attached hydrogens (tertiary/aromatic N) is 1. The highest BCUT2D eigenvalue weighted by atomic mass is 16.4. The zero-order chi connectivity index (χ0) is 14.5. The largest absolute Gasteiger partial charge is 0.481 e. The molecule has 1 rings (SSSR count). The van der Waals surface area contributed by atoms with Crippen LogP contribution in [0.15, 0.2) is 0 Å². The second kappa shape index (κ2) is 6.89. The molecular formula is C14H26N2O3. The van der Waals surface area contributed by atoms with E-state index in [4.69, 9.17) is 0 Å². The molecule has 1 saturated carbocycles. The summed E-state index contributed by atoms with van der Waals surface area (Å²) in [6, 6.07) is 0.682. The van der Waals surface area contributed by atoms with Crippen LogP contribution in [0.3, 0.4) is 0 Å². The van der Waals surface area contributed by atoms with Crippen LogP contribution < -0.4 is 5.32 Å². The average Bonchev–Trinajstić information content (AvgIpc) is 3.19. The predicted octanol–water partition coefficient (Wildman–Crippen LogP) is 1.48. The summed E-state index contributed by atoms with van der Waals surface area (Å²) in [4.78, 5) is 25.4. The van der Waals surface area contributed by atoms with Crippen LogP contribution in [0.25, 0.3) is 0 Å². The molecule has 0 unspecified atom stereocenters. The molecule has 2 N–H and O–H groups in total. The summed E-state index contributed by atoms with van der Waals surface area (Å²) in [6.45, 7) is 5.07. The topological polar surface area (TPSA) is 69.6 Å². The Bertz CT molecular complexity index is 323. The van der Waals surface area contributed by atoms with Crippen LogP contribution in [0.4, 0.5) is 0 Å². The molecule has 1 aliphatic rings. The number of hydrogen-bond donors (Lipinski definition) is 2. The first-order valence-electron chi connectivity index (χ1n) is 7.15. The highest BCUT2D eigenvalue weighted by molar-refractivity contribution is 5.84. The van der Waals surface area contributed by atoms with E-state index in [0.717, 1.165) is 6.54 Å². The normalized spacial score (nSPS) is 15.6. The number of carboxylic acid groups (broad SMARTS) is 1. The van der Waals surface area contributed by atoms with Gasteiger partial charge in [0.1, 0.15) is 0 Å². The number of nitrogens with one attached hydrogen (secondary N) is 1. The quantitative estimate of drug-likeness (QED) is 0.666. The summed E-state index contributed by atoms with van der Waals surface area (Å²) in [5.74, 6) is -1.03.